The highest BCUT2D eigenvalue weighted by Gasteiger charge is 2.22. The monoisotopic (exact) mass is 201 g/mol. The molecule has 14 heavy (non-hydrogen) atoms. The van der Waals surface area contributed by atoms with Crippen molar-refractivity contribution >= 4 is 5.91 Å². The van der Waals surface area contributed by atoms with Crippen molar-refractivity contribution in [2.75, 3.05) is 19.8 Å². The molecule has 0 aromatic rings. The zero-order valence-corrected chi connectivity index (χ0v) is 10.0. The lowest BCUT2D eigenvalue weighted by atomic mass is 9.81. The molecule has 84 valence electrons. The fourth-order valence-electron chi connectivity index (χ4n) is 0.776. The lowest BCUT2D eigenvalue weighted by Crippen LogP contribution is -2.38. The number of nitrogens with one attached hydrogen (secondary N) is 1. The smallest absolute Gasteiger partial charge is 0.246 e. The van der Waals surface area contributed by atoms with Crippen LogP contribution in [0.2, 0.25) is 0 Å². The zero-order chi connectivity index (χ0) is 11.2. The van der Waals surface area contributed by atoms with Crippen molar-refractivity contribution in [1.82, 2.24) is 5.32 Å². The summed E-state index contributed by atoms with van der Waals surface area (Å²) in [4.78, 5) is 11.2. The largest absolute Gasteiger partial charge is 0.372 e. The molecule has 3 heteroatoms. The van der Waals surface area contributed by atoms with E-state index in [4.69, 9.17) is 4.74 Å². The number of ether oxygens (including phenoxy) is 1. The van der Waals surface area contributed by atoms with Crippen LogP contribution in [-0.2, 0) is 9.53 Å². The van der Waals surface area contributed by atoms with Crippen LogP contribution < -0.4 is 5.32 Å². The summed E-state index contributed by atoms with van der Waals surface area (Å²) in [5.41, 5.74) is 0.141. The molecule has 3 nitrogen and oxygen atoms in total. The molecule has 0 saturated carbocycles. The Kier molecular flexibility index (Phi) is 5.77. The molecule has 0 saturated heterocycles. The first kappa shape index (κ1) is 13.4. The fraction of sp³-hybridized carbons (Fsp3) is 0.909. The van der Waals surface area contributed by atoms with Crippen LogP contribution in [0, 0.1) is 11.3 Å². The maximum absolute atomic E-state index is 11.2. The van der Waals surface area contributed by atoms with Crippen molar-refractivity contribution in [2.24, 2.45) is 11.3 Å². The molecule has 0 heterocycles. The second kappa shape index (κ2) is 6.02. The molecule has 0 aliphatic heterocycles. The van der Waals surface area contributed by atoms with Gasteiger partial charge in [-0.15, -0.1) is 0 Å². The Morgan fingerprint density at radius 2 is 2.00 bits per heavy atom. The van der Waals surface area contributed by atoms with Crippen LogP contribution in [0.25, 0.3) is 0 Å². The van der Waals surface area contributed by atoms with Crippen LogP contribution in [0.4, 0.5) is 0 Å². The Morgan fingerprint density at radius 3 is 2.43 bits per heavy atom. The van der Waals surface area contributed by atoms with Crippen LogP contribution in [0.5, 0.6) is 0 Å². The minimum absolute atomic E-state index is 0.0272. The van der Waals surface area contributed by atoms with Crippen molar-refractivity contribution in [3.05, 3.63) is 0 Å². The SMILES string of the molecule is CCOCC(=O)NCC(C)(C)C(C)C. The van der Waals surface area contributed by atoms with Gasteiger partial charge in [-0.1, -0.05) is 27.7 Å². The Bertz CT molecular complexity index is 176. The van der Waals surface area contributed by atoms with Gasteiger partial charge in [-0.2, -0.15) is 0 Å². The van der Waals surface area contributed by atoms with E-state index in [-0.39, 0.29) is 17.9 Å². The molecule has 1 N–H and O–H groups in total. The molecule has 0 spiro atoms. The number of carbonyl (C=O) groups excluding carboxylic acids is 1. The normalized spacial score (nSPS) is 11.9. The second-order valence-corrected chi connectivity index (χ2v) is 4.56. The first-order valence-electron chi connectivity index (χ1n) is 5.24. The van der Waals surface area contributed by atoms with Gasteiger partial charge >= 0.3 is 0 Å². The maximum atomic E-state index is 11.2. The second-order valence-electron chi connectivity index (χ2n) is 4.56. The van der Waals surface area contributed by atoms with E-state index in [9.17, 15) is 4.79 Å². The van der Waals surface area contributed by atoms with Gasteiger partial charge in [0.05, 0.1) is 0 Å². The third-order valence-corrected chi connectivity index (χ3v) is 2.74. The summed E-state index contributed by atoms with van der Waals surface area (Å²) in [6, 6.07) is 0. The summed E-state index contributed by atoms with van der Waals surface area (Å²) in [7, 11) is 0. The predicted octanol–water partition coefficient (Wildman–Crippen LogP) is 1.82. The Hall–Kier alpha value is -0.570. The summed E-state index contributed by atoms with van der Waals surface area (Å²) in [5, 5.41) is 2.88. The number of hydrogen-bond donors (Lipinski definition) is 1. The Balaban J connectivity index is 3.76. The molecule has 1 amide bonds. The molecule has 0 bridgehead atoms. The van der Waals surface area contributed by atoms with E-state index in [2.05, 4.69) is 33.0 Å². The van der Waals surface area contributed by atoms with E-state index < -0.39 is 0 Å². The van der Waals surface area contributed by atoms with E-state index in [0.29, 0.717) is 19.1 Å². The van der Waals surface area contributed by atoms with Crippen molar-refractivity contribution in [3.63, 3.8) is 0 Å². The molecular weight excluding hydrogens is 178 g/mol. The standard InChI is InChI=1S/C11H23NO2/c1-6-14-7-10(13)12-8-11(4,5)9(2)3/h9H,6-8H2,1-5H3,(H,12,13). The van der Waals surface area contributed by atoms with Gasteiger partial charge in [0.1, 0.15) is 6.61 Å². The minimum atomic E-state index is -0.0272. The van der Waals surface area contributed by atoms with E-state index in [1.807, 2.05) is 6.92 Å². The highest BCUT2D eigenvalue weighted by Crippen LogP contribution is 2.24. The summed E-state index contributed by atoms with van der Waals surface area (Å²) in [5.74, 6) is 0.524. The molecular formula is C11H23NO2. The average Bonchev–Trinajstić information content (AvgIpc) is 2.11. The van der Waals surface area contributed by atoms with E-state index in [1.165, 1.54) is 0 Å². The van der Waals surface area contributed by atoms with Gasteiger partial charge < -0.3 is 10.1 Å². The van der Waals surface area contributed by atoms with Crippen LogP contribution in [0.1, 0.15) is 34.6 Å². The van der Waals surface area contributed by atoms with Crippen molar-refractivity contribution in [2.45, 2.75) is 34.6 Å². The van der Waals surface area contributed by atoms with E-state index in [1.54, 1.807) is 0 Å². The molecule has 0 aliphatic rings. The van der Waals surface area contributed by atoms with Crippen LogP contribution in [-0.4, -0.2) is 25.7 Å². The van der Waals surface area contributed by atoms with Gasteiger partial charge in [0.2, 0.25) is 5.91 Å². The van der Waals surface area contributed by atoms with Gasteiger partial charge in [0.25, 0.3) is 0 Å². The van der Waals surface area contributed by atoms with Crippen molar-refractivity contribution in [1.29, 1.82) is 0 Å². The number of amides is 1. The summed E-state index contributed by atoms with van der Waals surface area (Å²) >= 11 is 0. The Morgan fingerprint density at radius 1 is 1.43 bits per heavy atom. The van der Waals surface area contributed by atoms with Crippen LogP contribution >= 0.6 is 0 Å². The highest BCUT2D eigenvalue weighted by atomic mass is 16.5. The lowest BCUT2D eigenvalue weighted by Gasteiger charge is -2.29. The summed E-state index contributed by atoms with van der Waals surface area (Å²) in [6.45, 7) is 12.0. The quantitative estimate of drug-likeness (QED) is 0.712. The summed E-state index contributed by atoms with van der Waals surface area (Å²) < 4.78 is 5.01. The predicted molar refractivity (Wildman–Crippen MR) is 58.1 cm³/mol. The molecule has 0 atom stereocenters. The minimum Gasteiger partial charge on any atom is -0.372 e. The third-order valence-electron chi connectivity index (χ3n) is 2.74. The average molecular weight is 201 g/mol. The molecule has 0 fully saturated rings. The zero-order valence-electron chi connectivity index (χ0n) is 10.0. The molecule has 0 aromatic carbocycles. The maximum Gasteiger partial charge on any atom is 0.246 e. The van der Waals surface area contributed by atoms with E-state index in [0.717, 1.165) is 0 Å². The Labute approximate surface area is 87.2 Å². The lowest BCUT2D eigenvalue weighted by molar-refractivity contribution is -0.126. The van der Waals surface area contributed by atoms with Crippen LogP contribution in [0.15, 0.2) is 0 Å². The first-order chi connectivity index (χ1) is 6.40. The topological polar surface area (TPSA) is 38.3 Å². The number of carbonyl (C=O) groups is 1. The highest BCUT2D eigenvalue weighted by molar-refractivity contribution is 5.77. The molecule has 0 rings (SSSR count). The number of hydrogen-bond acceptors (Lipinski definition) is 2. The molecule has 0 aliphatic carbocycles. The van der Waals surface area contributed by atoms with Crippen molar-refractivity contribution in [3.8, 4) is 0 Å². The van der Waals surface area contributed by atoms with Gasteiger partial charge in [0.15, 0.2) is 0 Å². The third kappa shape index (κ3) is 5.22. The van der Waals surface area contributed by atoms with E-state index >= 15 is 0 Å². The van der Waals surface area contributed by atoms with Crippen molar-refractivity contribution < 1.29 is 9.53 Å². The van der Waals surface area contributed by atoms with Gasteiger partial charge in [-0.3, -0.25) is 4.79 Å². The molecule has 0 unspecified atom stereocenters. The number of rotatable bonds is 6. The van der Waals surface area contributed by atoms with Gasteiger partial charge in [0, 0.05) is 13.2 Å². The summed E-state index contributed by atoms with van der Waals surface area (Å²) in [6.07, 6.45) is 0. The van der Waals surface area contributed by atoms with Gasteiger partial charge in [-0.05, 0) is 18.3 Å². The van der Waals surface area contributed by atoms with Gasteiger partial charge in [-0.25, -0.2) is 0 Å². The molecule has 0 radical (unpaired) electrons. The first-order valence-corrected chi connectivity index (χ1v) is 5.24. The molecule has 0 aromatic heterocycles. The van der Waals surface area contributed by atoms with Crippen LogP contribution in [0.3, 0.4) is 0 Å². The fourth-order valence-corrected chi connectivity index (χ4v) is 0.776.